The van der Waals surface area contributed by atoms with Crippen molar-refractivity contribution >= 4 is 5.91 Å². The largest absolute Gasteiger partial charge is 0.383 e. The van der Waals surface area contributed by atoms with Crippen LogP contribution >= 0.6 is 0 Å². The molecule has 0 aliphatic carbocycles. The predicted molar refractivity (Wildman–Crippen MR) is 73.6 cm³/mol. The van der Waals surface area contributed by atoms with Crippen LogP contribution in [-0.4, -0.2) is 35.9 Å². The number of hydrogen-bond acceptors (Lipinski definition) is 4. The molecular formula is C13H24N4O2. The van der Waals surface area contributed by atoms with Crippen molar-refractivity contribution in [1.82, 2.24) is 15.1 Å². The highest BCUT2D eigenvalue weighted by molar-refractivity contribution is 5.76. The molecule has 6 heteroatoms. The Morgan fingerprint density at radius 3 is 2.79 bits per heavy atom. The number of ether oxygens (including phenoxy) is 1. The number of aromatic nitrogens is 2. The number of amides is 1. The topological polar surface area (TPSA) is 82.2 Å². The van der Waals surface area contributed by atoms with Gasteiger partial charge in [0, 0.05) is 31.5 Å². The minimum Gasteiger partial charge on any atom is -0.383 e. The van der Waals surface area contributed by atoms with E-state index < -0.39 is 0 Å². The summed E-state index contributed by atoms with van der Waals surface area (Å²) in [4.78, 5) is 11.1. The fourth-order valence-electron chi connectivity index (χ4n) is 1.90. The number of methoxy groups -OCH3 is 1. The van der Waals surface area contributed by atoms with Gasteiger partial charge in [-0.3, -0.25) is 9.48 Å². The number of aryl methyl sites for hydroxylation is 1. The molecule has 0 saturated heterocycles. The van der Waals surface area contributed by atoms with E-state index in [0.29, 0.717) is 13.2 Å². The predicted octanol–water partition coefficient (Wildman–Crippen LogP) is 0.357. The van der Waals surface area contributed by atoms with E-state index in [1.807, 2.05) is 25.5 Å². The number of nitrogens with zero attached hydrogens (tertiary/aromatic N) is 2. The van der Waals surface area contributed by atoms with Crippen LogP contribution in [0.3, 0.4) is 0 Å². The van der Waals surface area contributed by atoms with Gasteiger partial charge >= 0.3 is 0 Å². The summed E-state index contributed by atoms with van der Waals surface area (Å²) in [6.07, 6.45) is 0. The van der Waals surface area contributed by atoms with Gasteiger partial charge in [0.05, 0.1) is 24.8 Å². The van der Waals surface area contributed by atoms with Gasteiger partial charge in [0.2, 0.25) is 5.91 Å². The Morgan fingerprint density at radius 2 is 2.21 bits per heavy atom. The first-order valence-corrected chi connectivity index (χ1v) is 6.49. The first kappa shape index (κ1) is 15.7. The molecular weight excluding hydrogens is 244 g/mol. The molecule has 3 N–H and O–H groups in total. The van der Waals surface area contributed by atoms with E-state index in [1.165, 1.54) is 5.56 Å². The molecule has 0 radical (unpaired) electrons. The molecule has 1 unspecified atom stereocenters. The Balaban J connectivity index is 2.68. The van der Waals surface area contributed by atoms with Crippen LogP contribution in [-0.2, 0) is 22.6 Å². The van der Waals surface area contributed by atoms with Crippen LogP contribution in [0.1, 0.15) is 23.9 Å². The third-order valence-corrected chi connectivity index (χ3v) is 3.25. The Hall–Kier alpha value is -1.40. The van der Waals surface area contributed by atoms with Crippen molar-refractivity contribution in [3.8, 4) is 0 Å². The summed E-state index contributed by atoms with van der Waals surface area (Å²) in [5.41, 5.74) is 8.52. The lowest BCUT2D eigenvalue weighted by molar-refractivity contribution is -0.121. The lowest BCUT2D eigenvalue weighted by Crippen LogP contribution is -2.25. The molecule has 1 aromatic heterocycles. The van der Waals surface area contributed by atoms with Gasteiger partial charge in [0.25, 0.3) is 0 Å². The highest BCUT2D eigenvalue weighted by atomic mass is 16.5. The number of carbonyl (C=O) groups is 1. The number of primary amides is 1. The summed E-state index contributed by atoms with van der Waals surface area (Å²) in [6, 6.07) is 0. The number of carbonyl (C=O) groups excluding carboxylic acids is 1. The highest BCUT2D eigenvalue weighted by Gasteiger charge is 2.15. The van der Waals surface area contributed by atoms with E-state index in [-0.39, 0.29) is 11.8 Å². The summed E-state index contributed by atoms with van der Waals surface area (Å²) in [7, 11) is 1.68. The van der Waals surface area contributed by atoms with Crippen LogP contribution in [0.25, 0.3) is 0 Å². The second-order valence-corrected chi connectivity index (χ2v) is 4.80. The molecule has 1 atom stereocenters. The fraction of sp³-hybridized carbons (Fsp3) is 0.692. The zero-order valence-electron chi connectivity index (χ0n) is 12.2. The van der Waals surface area contributed by atoms with E-state index in [9.17, 15) is 4.79 Å². The molecule has 108 valence electrons. The molecule has 1 heterocycles. The molecule has 0 aliphatic rings. The summed E-state index contributed by atoms with van der Waals surface area (Å²) in [6.45, 7) is 8.58. The Morgan fingerprint density at radius 1 is 1.53 bits per heavy atom. The molecule has 0 bridgehead atoms. The number of nitrogens with one attached hydrogen (secondary N) is 1. The van der Waals surface area contributed by atoms with E-state index in [1.54, 1.807) is 7.11 Å². The van der Waals surface area contributed by atoms with Crippen LogP contribution in [0.15, 0.2) is 0 Å². The first-order valence-electron chi connectivity index (χ1n) is 6.49. The second kappa shape index (κ2) is 7.25. The number of rotatable bonds is 8. The van der Waals surface area contributed by atoms with Crippen LogP contribution in [0.4, 0.5) is 0 Å². The Bertz CT molecular complexity index is 429. The average Bonchev–Trinajstić information content (AvgIpc) is 2.61. The minimum absolute atomic E-state index is 0.215. The van der Waals surface area contributed by atoms with Crippen molar-refractivity contribution in [2.24, 2.45) is 11.7 Å². The van der Waals surface area contributed by atoms with Crippen molar-refractivity contribution in [3.63, 3.8) is 0 Å². The van der Waals surface area contributed by atoms with Gasteiger partial charge in [-0.2, -0.15) is 5.10 Å². The molecule has 0 aliphatic heterocycles. The highest BCUT2D eigenvalue weighted by Crippen LogP contribution is 2.14. The zero-order valence-corrected chi connectivity index (χ0v) is 12.2. The maximum atomic E-state index is 11.1. The molecule has 1 rings (SSSR count). The Kier molecular flexibility index (Phi) is 5.98. The van der Waals surface area contributed by atoms with E-state index in [0.717, 1.165) is 24.5 Å². The van der Waals surface area contributed by atoms with Gasteiger partial charge in [0.15, 0.2) is 0 Å². The molecule has 0 saturated carbocycles. The normalized spacial score (nSPS) is 12.6. The summed E-state index contributed by atoms with van der Waals surface area (Å²) in [5.74, 6) is -0.514. The second-order valence-electron chi connectivity index (χ2n) is 4.80. The molecule has 0 aromatic carbocycles. The third-order valence-electron chi connectivity index (χ3n) is 3.25. The average molecular weight is 268 g/mol. The van der Waals surface area contributed by atoms with Gasteiger partial charge in [-0.25, -0.2) is 0 Å². The van der Waals surface area contributed by atoms with Crippen LogP contribution < -0.4 is 11.1 Å². The number of nitrogens with two attached hydrogens (primary N) is 1. The van der Waals surface area contributed by atoms with Crippen molar-refractivity contribution in [2.75, 3.05) is 20.3 Å². The molecule has 6 nitrogen and oxygen atoms in total. The number of hydrogen-bond donors (Lipinski definition) is 2. The SMILES string of the molecule is COCCNCc1c(C)nn(CC(C)C(N)=O)c1C. The molecule has 1 aromatic rings. The van der Waals surface area contributed by atoms with Crippen molar-refractivity contribution in [2.45, 2.75) is 33.9 Å². The molecule has 0 spiro atoms. The third kappa shape index (κ3) is 4.33. The molecule has 19 heavy (non-hydrogen) atoms. The summed E-state index contributed by atoms with van der Waals surface area (Å²) in [5, 5.41) is 7.77. The van der Waals surface area contributed by atoms with Crippen molar-refractivity contribution in [3.05, 3.63) is 17.0 Å². The van der Waals surface area contributed by atoms with E-state index >= 15 is 0 Å². The summed E-state index contributed by atoms with van der Waals surface area (Å²) >= 11 is 0. The molecule has 1 amide bonds. The maximum Gasteiger partial charge on any atom is 0.222 e. The first-order chi connectivity index (χ1) is 8.97. The van der Waals surface area contributed by atoms with Gasteiger partial charge < -0.3 is 15.8 Å². The lowest BCUT2D eigenvalue weighted by atomic mass is 10.1. The van der Waals surface area contributed by atoms with Crippen molar-refractivity contribution in [1.29, 1.82) is 0 Å². The van der Waals surface area contributed by atoms with Gasteiger partial charge in [-0.1, -0.05) is 6.92 Å². The van der Waals surface area contributed by atoms with Crippen molar-refractivity contribution < 1.29 is 9.53 Å². The van der Waals surface area contributed by atoms with E-state index in [4.69, 9.17) is 10.5 Å². The summed E-state index contributed by atoms with van der Waals surface area (Å²) < 4.78 is 6.85. The lowest BCUT2D eigenvalue weighted by Gasteiger charge is -2.10. The molecule has 0 fully saturated rings. The quantitative estimate of drug-likeness (QED) is 0.667. The zero-order chi connectivity index (χ0) is 14.4. The Labute approximate surface area is 114 Å². The van der Waals surface area contributed by atoms with E-state index in [2.05, 4.69) is 10.4 Å². The van der Waals surface area contributed by atoms with Crippen LogP contribution in [0, 0.1) is 19.8 Å². The minimum atomic E-state index is -0.299. The van der Waals surface area contributed by atoms with Gasteiger partial charge in [-0.05, 0) is 13.8 Å². The maximum absolute atomic E-state index is 11.1. The fourth-order valence-corrected chi connectivity index (χ4v) is 1.90. The van der Waals surface area contributed by atoms with Crippen LogP contribution in [0.2, 0.25) is 0 Å². The monoisotopic (exact) mass is 268 g/mol. The van der Waals surface area contributed by atoms with Gasteiger partial charge in [0.1, 0.15) is 0 Å². The van der Waals surface area contributed by atoms with Crippen LogP contribution in [0.5, 0.6) is 0 Å². The standard InChI is InChI=1S/C13H24N4O2/c1-9(13(14)18)8-17-11(3)12(10(2)16-17)7-15-5-6-19-4/h9,15H,5-8H2,1-4H3,(H2,14,18). The smallest absolute Gasteiger partial charge is 0.222 e. The van der Waals surface area contributed by atoms with Gasteiger partial charge in [-0.15, -0.1) is 0 Å².